The molecule has 2 atom stereocenters. The summed E-state index contributed by atoms with van der Waals surface area (Å²) in [6.45, 7) is 7.78. The maximum atomic E-state index is 11.9. The maximum absolute atomic E-state index is 11.9. The highest BCUT2D eigenvalue weighted by atomic mass is 16.6. The zero-order valence-electron chi connectivity index (χ0n) is 19.5. The fourth-order valence-electron chi connectivity index (χ4n) is 3.31. The van der Waals surface area contributed by atoms with Crippen LogP contribution in [0.4, 0.5) is 0 Å². The van der Waals surface area contributed by atoms with Gasteiger partial charge in [0.2, 0.25) is 5.91 Å². The molecule has 0 bridgehead atoms. The predicted molar refractivity (Wildman–Crippen MR) is 119 cm³/mol. The van der Waals surface area contributed by atoms with Gasteiger partial charge in [-0.2, -0.15) is 0 Å². The van der Waals surface area contributed by atoms with Gasteiger partial charge in [-0.1, -0.05) is 97.8 Å². The molecule has 0 saturated carbocycles. The summed E-state index contributed by atoms with van der Waals surface area (Å²) in [5.41, 5.74) is 0. The fourth-order valence-corrected chi connectivity index (χ4v) is 3.31. The van der Waals surface area contributed by atoms with Crippen molar-refractivity contribution < 1.29 is 19.4 Å². The van der Waals surface area contributed by atoms with E-state index in [9.17, 15) is 9.59 Å². The molecule has 5 heteroatoms. The summed E-state index contributed by atoms with van der Waals surface area (Å²) < 4.78 is 5.04. The zero-order chi connectivity index (χ0) is 21.9. The molecule has 0 saturated heterocycles. The number of aliphatic hydroxyl groups excluding tert-OH is 1. The largest absolute Gasteiger partial charge is 0.440 e. The van der Waals surface area contributed by atoms with Crippen molar-refractivity contribution in [2.45, 2.75) is 136 Å². The fraction of sp³-hybridized carbons (Fsp3) is 0.917. The van der Waals surface area contributed by atoms with Crippen molar-refractivity contribution in [2.24, 2.45) is 5.92 Å². The Morgan fingerprint density at radius 1 is 0.793 bits per heavy atom. The first-order valence-electron chi connectivity index (χ1n) is 12.0. The first-order chi connectivity index (χ1) is 13.9. The van der Waals surface area contributed by atoms with Crippen LogP contribution in [0.3, 0.4) is 0 Å². The summed E-state index contributed by atoms with van der Waals surface area (Å²) >= 11 is 0. The molecule has 1 amide bonds. The first kappa shape index (κ1) is 27.9. The minimum absolute atomic E-state index is 0.0939. The Morgan fingerprint density at radius 3 is 1.66 bits per heavy atom. The quantitative estimate of drug-likeness (QED) is 0.157. The summed E-state index contributed by atoms with van der Waals surface area (Å²) in [6, 6.07) is 0. The topological polar surface area (TPSA) is 75.6 Å². The van der Waals surface area contributed by atoms with Crippen LogP contribution in [0, 0.1) is 5.92 Å². The molecule has 0 aromatic rings. The van der Waals surface area contributed by atoms with Crippen LogP contribution in [-0.4, -0.2) is 29.3 Å². The first-order valence-corrected chi connectivity index (χ1v) is 12.0. The highest BCUT2D eigenvalue weighted by molar-refractivity contribution is 5.77. The summed E-state index contributed by atoms with van der Waals surface area (Å²) in [5, 5.41) is 11.9. The number of carbonyl (C=O) groups excluding carboxylic acids is 2. The van der Waals surface area contributed by atoms with Gasteiger partial charge < -0.3 is 15.2 Å². The number of carbonyl (C=O) groups is 2. The molecule has 0 rings (SSSR count). The van der Waals surface area contributed by atoms with Crippen LogP contribution in [0.1, 0.15) is 124 Å². The normalized spacial score (nSPS) is 13.3. The lowest BCUT2D eigenvalue weighted by Crippen LogP contribution is -2.39. The van der Waals surface area contributed by atoms with Crippen molar-refractivity contribution in [1.29, 1.82) is 0 Å². The molecule has 0 aromatic carbocycles. The average Bonchev–Trinajstić information content (AvgIpc) is 2.67. The van der Waals surface area contributed by atoms with Crippen molar-refractivity contribution in [3.63, 3.8) is 0 Å². The van der Waals surface area contributed by atoms with Gasteiger partial charge in [-0.05, 0) is 19.3 Å². The van der Waals surface area contributed by atoms with Gasteiger partial charge in [0, 0.05) is 12.8 Å². The third kappa shape index (κ3) is 18.7. The molecule has 172 valence electrons. The lowest BCUT2D eigenvalue weighted by molar-refractivity contribution is -0.161. The van der Waals surface area contributed by atoms with Crippen LogP contribution in [0.25, 0.3) is 0 Å². The van der Waals surface area contributed by atoms with Gasteiger partial charge in [0.15, 0.2) is 6.23 Å². The van der Waals surface area contributed by atoms with Gasteiger partial charge in [-0.3, -0.25) is 4.79 Å². The van der Waals surface area contributed by atoms with E-state index in [1.54, 1.807) is 0 Å². The Labute approximate surface area is 179 Å². The molecule has 0 spiro atoms. The Balaban J connectivity index is 3.45. The number of amides is 1. The van der Waals surface area contributed by atoms with Crippen molar-refractivity contribution in [1.82, 2.24) is 5.32 Å². The second kappa shape index (κ2) is 18.9. The standard InChI is InChI=1S/C24H47NO4/c1-5-23(29-24(28)21(4)26)25-22(27)19-17-15-13-11-9-7-6-8-10-12-14-16-18-20(2)3/h20-21,23,26H,5-19H2,1-4H3,(H,25,27)/t21-,23-/m1/s1. The molecular formula is C24H47NO4. The molecule has 0 aromatic heterocycles. The Kier molecular flexibility index (Phi) is 18.2. The minimum Gasteiger partial charge on any atom is -0.440 e. The Hall–Kier alpha value is -1.10. The molecule has 0 unspecified atom stereocenters. The van der Waals surface area contributed by atoms with Crippen molar-refractivity contribution in [2.75, 3.05) is 0 Å². The van der Waals surface area contributed by atoms with Crippen LogP contribution in [0.5, 0.6) is 0 Å². The van der Waals surface area contributed by atoms with Gasteiger partial charge in [-0.15, -0.1) is 0 Å². The number of aliphatic hydroxyl groups is 1. The van der Waals surface area contributed by atoms with E-state index >= 15 is 0 Å². The van der Waals surface area contributed by atoms with E-state index in [-0.39, 0.29) is 5.91 Å². The van der Waals surface area contributed by atoms with Gasteiger partial charge in [-0.25, -0.2) is 4.79 Å². The van der Waals surface area contributed by atoms with Crippen LogP contribution in [0.15, 0.2) is 0 Å². The maximum Gasteiger partial charge on any atom is 0.336 e. The van der Waals surface area contributed by atoms with Crippen LogP contribution < -0.4 is 5.32 Å². The number of ether oxygens (including phenoxy) is 1. The van der Waals surface area contributed by atoms with E-state index in [1.165, 1.54) is 77.6 Å². The van der Waals surface area contributed by atoms with Crippen molar-refractivity contribution in [3.8, 4) is 0 Å². The third-order valence-corrected chi connectivity index (χ3v) is 5.23. The molecule has 2 N–H and O–H groups in total. The van der Waals surface area contributed by atoms with Gasteiger partial charge in [0.25, 0.3) is 0 Å². The molecule has 0 radical (unpaired) electrons. The van der Waals surface area contributed by atoms with E-state index in [4.69, 9.17) is 9.84 Å². The average molecular weight is 414 g/mol. The van der Waals surface area contributed by atoms with Crippen molar-refractivity contribution in [3.05, 3.63) is 0 Å². The summed E-state index contributed by atoms with van der Waals surface area (Å²) in [4.78, 5) is 23.3. The Morgan fingerprint density at radius 2 is 1.24 bits per heavy atom. The second-order valence-electron chi connectivity index (χ2n) is 8.75. The molecule has 29 heavy (non-hydrogen) atoms. The number of hydrogen-bond donors (Lipinski definition) is 2. The van der Waals surface area contributed by atoms with Crippen LogP contribution in [0.2, 0.25) is 0 Å². The zero-order valence-corrected chi connectivity index (χ0v) is 19.5. The summed E-state index contributed by atoms with van der Waals surface area (Å²) in [6.07, 6.45) is 15.8. The summed E-state index contributed by atoms with van der Waals surface area (Å²) in [7, 11) is 0. The molecule has 0 aliphatic carbocycles. The molecular weight excluding hydrogens is 366 g/mol. The van der Waals surface area contributed by atoms with E-state index in [1.807, 2.05) is 6.92 Å². The van der Waals surface area contributed by atoms with Crippen molar-refractivity contribution >= 4 is 11.9 Å². The predicted octanol–water partition coefficient (Wildman–Crippen LogP) is 5.88. The highest BCUT2D eigenvalue weighted by Crippen LogP contribution is 2.14. The molecule has 0 fully saturated rings. The van der Waals surface area contributed by atoms with Crippen LogP contribution in [-0.2, 0) is 14.3 Å². The number of esters is 1. The number of nitrogens with one attached hydrogen (secondary N) is 1. The molecule has 0 heterocycles. The second-order valence-corrected chi connectivity index (χ2v) is 8.75. The lowest BCUT2D eigenvalue weighted by Gasteiger charge is -2.18. The number of unbranched alkanes of at least 4 members (excludes halogenated alkanes) is 11. The SMILES string of the molecule is CC[C@H](NC(=O)CCCCCCCCCCCCCCC(C)C)OC(=O)[C@@H](C)O. The molecule has 0 aliphatic rings. The third-order valence-electron chi connectivity index (χ3n) is 5.23. The molecule has 0 aliphatic heterocycles. The van der Waals surface area contributed by atoms with E-state index < -0.39 is 18.3 Å². The molecule has 5 nitrogen and oxygen atoms in total. The van der Waals surface area contributed by atoms with Gasteiger partial charge >= 0.3 is 5.97 Å². The van der Waals surface area contributed by atoms with Gasteiger partial charge in [0.1, 0.15) is 6.10 Å². The van der Waals surface area contributed by atoms with E-state index in [2.05, 4.69) is 19.2 Å². The van der Waals surface area contributed by atoms with Gasteiger partial charge in [0.05, 0.1) is 0 Å². The lowest BCUT2D eigenvalue weighted by atomic mass is 10.0. The van der Waals surface area contributed by atoms with E-state index in [0.29, 0.717) is 12.8 Å². The van der Waals surface area contributed by atoms with Crippen LogP contribution >= 0.6 is 0 Å². The highest BCUT2D eigenvalue weighted by Gasteiger charge is 2.18. The number of hydrogen-bond acceptors (Lipinski definition) is 4. The number of rotatable bonds is 19. The monoisotopic (exact) mass is 413 g/mol. The van der Waals surface area contributed by atoms with E-state index in [0.717, 1.165) is 18.8 Å². The smallest absolute Gasteiger partial charge is 0.336 e. The minimum atomic E-state index is -1.17. The Bertz CT molecular complexity index is 410. The summed E-state index contributed by atoms with van der Waals surface area (Å²) in [5.74, 6) is 0.0463.